The summed E-state index contributed by atoms with van der Waals surface area (Å²) in [5.74, 6) is 1.69. The van der Waals surface area contributed by atoms with Gasteiger partial charge in [-0.05, 0) is 32.2 Å². The second-order valence-electron chi connectivity index (χ2n) is 4.85. The molecule has 2 rings (SSSR count). The monoisotopic (exact) mass is 254 g/mol. The summed E-state index contributed by atoms with van der Waals surface area (Å²) in [6.07, 6.45) is 2.55. The van der Waals surface area contributed by atoms with E-state index in [0.717, 1.165) is 17.5 Å². The lowest BCUT2D eigenvalue weighted by Gasteiger charge is -2.20. The predicted octanol–water partition coefficient (Wildman–Crippen LogP) is 1.99. The quantitative estimate of drug-likeness (QED) is 0.892. The molecule has 5 heteroatoms. The second-order valence-corrected chi connectivity index (χ2v) is 6.05. The van der Waals surface area contributed by atoms with E-state index >= 15 is 0 Å². The standard InChI is InChI=1S/C12H22N4S/c1-5-13-10-6-7-11(8(10)2)17-12-15-14-9(3)16(12)4/h8,10-11,13H,5-7H2,1-4H3. The van der Waals surface area contributed by atoms with Crippen molar-refractivity contribution in [2.45, 2.75) is 50.1 Å². The molecule has 0 aliphatic heterocycles. The van der Waals surface area contributed by atoms with E-state index in [2.05, 4.69) is 33.9 Å². The Balaban J connectivity index is 1.99. The lowest BCUT2D eigenvalue weighted by Crippen LogP contribution is -2.33. The number of thioether (sulfide) groups is 1. The molecular weight excluding hydrogens is 232 g/mol. The second kappa shape index (κ2) is 5.40. The first-order valence-corrected chi connectivity index (χ1v) is 7.27. The Bertz CT molecular complexity index is 377. The zero-order chi connectivity index (χ0) is 12.4. The Labute approximate surface area is 108 Å². The number of aromatic nitrogens is 3. The number of rotatable bonds is 4. The third-order valence-electron chi connectivity index (χ3n) is 3.76. The number of hydrogen-bond donors (Lipinski definition) is 1. The van der Waals surface area contributed by atoms with Crippen LogP contribution in [0.15, 0.2) is 5.16 Å². The van der Waals surface area contributed by atoms with Gasteiger partial charge in [-0.3, -0.25) is 0 Å². The van der Waals surface area contributed by atoms with E-state index in [1.807, 2.05) is 25.7 Å². The van der Waals surface area contributed by atoms with Crippen molar-refractivity contribution < 1.29 is 0 Å². The summed E-state index contributed by atoms with van der Waals surface area (Å²) in [7, 11) is 2.04. The van der Waals surface area contributed by atoms with Crippen LogP contribution in [0.1, 0.15) is 32.5 Å². The van der Waals surface area contributed by atoms with Crippen LogP contribution in [0.4, 0.5) is 0 Å². The molecular formula is C12H22N4S. The maximum Gasteiger partial charge on any atom is 0.191 e. The van der Waals surface area contributed by atoms with E-state index < -0.39 is 0 Å². The summed E-state index contributed by atoms with van der Waals surface area (Å²) in [6, 6.07) is 0.673. The Hall–Kier alpha value is -0.550. The van der Waals surface area contributed by atoms with Crippen LogP contribution in [-0.4, -0.2) is 32.6 Å². The Morgan fingerprint density at radius 1 is 1.41 bits per heavy atom. The van der Waals surface area contributed by atoms with Crippen molar-refractivity contribution >= 4 is 11.8 Å². The van der Waals surface area contributed by atoms with Gasteiger partial charge in [-0.15, -0.1) is 10.2 Å². The molecule has 1 saturated carbocycles. The fourth-order valence-electron chi connectivity index (χ4n) is 2.47. The minimum Gasteiger partial charge on any atom is -0.314 e. The molecule has 1 fully saturated rings. The lowest BCUT2D eigenvalue weighted by molar-refractivity contribution is 0.441. The molecule has 1 N–H and O–H groups in total. The molecule has 1 aliphatic carbocycles. The van der Waals surface area contributed by atoms with Crippen molar-refractivity contribution in [2.75, 3.05) is 6.54 Å². The first kappa shape index (κ1) is 12.9. The summed E-state index contributed by atoms with van der Waals surface area (Å²) in [4.78, 5) is 0. The first-order chi connectivity index (χ1) is 8.13. The van der Waals surface area contributed by atoms with Crippen LogP contribution in [0.25, 0.3) is 0 Å². The largest absolute Gasteiger partial charge is 0.314 e. The van der Waals surface area contributed by atoms with Gasteiger partial charge in [0.15, 0.2) is 5.16 Å². The zero-order valence-electron chi connectivity index (χ0n) is 11.1. The smallest absolute Gasteiger partial charge is 0.191 e. The third kappa shape index (κ3) is 2.65. The van der Waals surface area contributed by atoms with Crippen LogP contribution >= 0.6 is 11.8 Å². The molecule has 0 bridgehead atoms. The van der Waals surface area contributed by atoms with Gasteiger partial charge >= 0.3 is 0 Å². The minimum absolute atomic E-state index is 0.668. The Kier molecular flexibility index (Phi) is 4.09. The van der Waals surface area contributed by atoms with Gasteiger partial charge in [0, 0.05) is 18.3 Å². The van der Waals surface area contributed by atoms with Crippen molar-refractivity contribution in [1.29, 1.82) is 0 Å². The van der Waals surface area contributed by atoms with Crippen LogP contribution in [-0.2, 0) is 7.05 Å². The fraction of sp³-hybridized carbons (Fsp3) is 0.833. The number of nitrogens with one attached hydrogen (secondary N) is 1. The normalized spacial score (nSPS) is 28.8. The first-order valence-electron chi connectivity index (χ1n) is 6.39. The highest BCUT2D eigenvalue weighted by Gasteiger charge is 2.33. The fourth-order valence-corrected chi connectivity index (χ4v) is 3.78. The summed E-state index contributed by atoms with van der Waals surface area (Å²) in [5, 5.41) is 13.6. The molecule has 1 aromatic heterocycles. The summed E-state index contributed by atoms with van der Waals surface area (Å²) >= 11 is 1.89. The van der Waals surface area contributed by atoms with E-state index in [4.69, 9.17) is 0 Å². The highest BCUT2D eigenvalue weighted by molar-refractivity contribution is 7.99. The van der Waals surface area contributed by atoms with Gasteiger partial charge in [0.05, 0.1) is 0 Å². The van der Waals surface area contributed by atoms with Gasteiger partial charge in [-0.1, -0.05) is 25.6 Å². The Morgan fingerprint density at radius 2 is 2.18 bits per heavy atom. The van der Waals surface area contributed by atoms with Crippen LogP contribution in [0, 0.1) is 12.8 Å². The third-order valence-corrected chi connectivity index (χ3v) is 5.29. The van der Waals surface area contributed by atoms with Crippen LogP contribution in [0.5, 0.6) is 0 Å². The van der Waals surface area contributed by atoms with Crippen molar-refractivity contribution in [1.82, 2.24) is 20.1 Å². The molecule has 0 amide bonds. The van der Waals surface area contributed by atoms with Gasteiger partial charge in [0.2, 0.25) is 0 Å². The van der Waals surface area contributed by atoms with Gasteiger partial charge in [-0.2, -0.15) is 0 Å². The highest BCUT2D eigenvalue weighted by atomic mass is 32.2. The molecule has 3 unspecified atom stereocenters. The zero-order valence-corrected chi connectivity index (χ0v) is 11.9. The highest BCUT2D eigenvalue weighted by Crippen LogP contribution is 2.38. The van der Waals surface area contributed by atoms with Crippen molar-refractivity contribution in [3.63, 3.8) is 0 Å². The van der Waals surface area contributed by atoms with E-state index in [1.165, 1.54) is 12.8 Å². The molecule has 3 atom stereocenters. The summed E-state index contributed by atoms with van der Waals surface area (Å²) < 4.78 is 2.08. The summed E-state index contributed by atoms with van der Waals surface area (Å²) in [5.41, 5.74) is 0. The Morgan fingerprint density at radius 3 is 2.76 bits per heavy atom. The molecule has 0 aromatic carbocycles. The molecule has 96 valence electrons. The summed E-state index contributed by atoms with van der Waals surface area (Å²) in [6.45, 7) is 7.59. The predicted molar refractivity (Wildman–Crippen MR) is 71.2 cm³/mol. The van der Waals surface area contributed by atoms with E-state index in [9.17, 15) is 0 Å². The molecule has 17 heavy (non-hydrogen) atoms. The van der Waals surface area contributed by atoms with Crippen LogP contribution in [0.2, 0.25) is 0 Å². The molecule has 1 heterocycles. The maximum atomic E-state index is 4.24. The maximum absolute atomic E-state index is 4.24. The van der Waals surface area contributed by atoms with Gasteiger partial charge in [0.25, 0.3) is 0 Å². The number of hydrogen-bond acceptors (Lipinski definition) is 4. The van der Waals surface area contributed by atoms with Crippen LogP contribution in [0.3, 0.4) is 0 Å². The van der Waals surface area contributed by atoms with Crippen LogP contribution < -0.4 is 5.32 Å². The van der Waals surface area contributed by atoms with Gasteiger partial charge in [-0.25, -0.2) is 0 Å². The lowest BCUT2D eigenvalue weighted by atomic mass is 10.1. The molecule has 1 aromatic rings. The van der Waals surface area contributed by atoms with E-state index in [1.54, 1.807) is 0 Å². The number of aryl methyl sites for hydroxylation is 1. The van der Waals surface area contributed by atoms with E-state index in [0.29, 0.717) is 17.2 Å². The molecule has 0 radical (unpaired) electrons. The van der Waals surface area contributed by atoms with Crippen molar-refractivity contribution in [3.05, 3.63) is 5.82 Å². The molecule has 0 spiro atoms. The van der Waals surface area contributed by atoms with Crippen molar-refractivity contribution in [3.8, 4) is 0 Å². The topological polar surface area (TPSA) is 42.7 Å². The molecule has 0 saturated heterocycles. The molecule has 1 aliphatic rings. The minimum atomic E-state index is 0.668. The average molecular weight is 254 g/mol. The van der Waals surface area contributed by atoms with Crippen molar-refractivity contribution in [2.24, 2.45) is 13.0 Å². The SMILES string of the molecule is CCNC1CCC(Sc2nnc(C)n2C)C1C. The van der Waals surface area contributed by atoms with Gasteiger partial charge in [0.1, 0.15) is 5.82 Å². The average Bonchev–Trinajstić information content (AvgIpc) is 2.80. The molecule has 4 nitrogen and oxygen atoms in total. The number of nitrogens with zero attached hydrogens (tertiary/aromatic N) is 3. The van der Waals surface area contributed by atoms with Gasteiger partial charge < -0.3 is 9.88 Å². The van der Waals surface area contributed by atoms with E-state index in [-0.39, 0.29) is 0 Å².